The zero-order valence-corrected chi connectivity index (χ0v) is 15.5. The monoisotopic (exact) mass is 367 g/mol. The molecule has 27 heavy (non-hydrogen) atoms. The number of aromatic nitrogens is 1. The van der Waals surface area contributed by atoms with E-state index in [4.69, 9.17) is 4.74 Å². The standard InChI is InChI=1S/C20H18FN3O3/c1-11-8-14(17-12(9-22)6-5-7-13(17)21)23-15-10-24(18(25)16(11)15)19(26)27-20(2,3)4/h5-8H,10H2,1-4H3. The molecule has 1 aromatic heterocycles. The number of nitriles is 1. The summed E-state index contributed by atoms with van der Waals surface area (Å²) in [5, 5.41) is 9.26. The van der Waals surface area contributed by atoms with E-state index in [9.17, 15) is 19.2 Å². The third-order valence-electron chi connectivity index (χ3n) is 4.06. The fourth-order valence-corrected chi connectivity index (χ4v) is 2.97. The van der Waals surface area contributed by atoms with Gasteiger partial charge in [-0.3, -0.25) is 4.79 Å². The van der Waals surface area contributed by atoms with E-state index in [1.54, 1.807) is 33.8 Å². The molecule has 3 rings (SSSR count). The fraction of sp³-hybridized carbons (Fsp3) is 0.300. The van der Waals surface area contributed by atoms with Crippen LogP contribution in [0, 0.1) is 24.1 Å². The molecule has 1 aliphatic rings. The van der Waals surface area contributed by atoms with E-state index in [1.165, 1.54) is 18.2 Å². The van der Waals surface area contributed by atoms with Crippen molar-refractivity contribution < 1.29 is 18.7 Å². The summed E-state index contributed by atoms with van der Waals surface area (Å²) in [7, 11) is 0. The Bertz CT molecular complexity index is 1000. The summed E-state index contributed by atoms with van der Waals surface area (Å²) in [5.41, 5.74) is 0.948. The molecule has 0 saturated carbocycles. The highest BCUT2D eigenvalue weighted by Crippen LogP contribution is 2.32. The van der Waals surface area contributed by atoms with Crippen LogP contribution in [-0.2, 0) is 11.3 Å². The lowest BCUT2D eigenvalue weighted by atomic mass is 10.0. The first kappa shape index (κ1) is 18.5. The maximum atomic E-state index is 14.3. The van der Waals surface area contributed by atoms with E-state index in [0.29, 0.717) is 16.8 Å². The Labute approximate surface area is 156 Å². The summed E-state index contributed by atoms with van der Waals surface area (Å²) in [6.07, 6.45) is -0.755. The molecule has 0 fully saturated rings. The van der Waals surface area contributed by atoms with Gasteiger partial charge >= 0.3 is 6.09 Å². The average molecular weight is 367 g/mol. The molecular formula is C20H18FN3O3. The summed E-state index contributed by atoms with van der Waals surface area (Å²) in [6, 6.07) is 7.70. The Kier molecular flexibility index (Phi) is 4.44. The van der Waals surface area contributed by atoms with Crippen molar-refractivity contribution in [3.05, 3.63) is 52.5 Å². The molecule has 0 N–H and O–H groups in total. The minimum absolute atomic E-state index is 0.0614. The van der Waals surface area contributed by atoms with E-state index in [-0.39, 0.29) is 23.4 Å². The number of ether oxygens (including phenoxy) is 1. The maximum Gasteiger partial charge on any atom is 0.417 e. The average Bonchev–Trinajstić information content (AvgIpc) is 2.90. The fourth-order valence-electron chi connectivity index (χ4n) is 2.97. The van der Waals surface area contributed by atoms with Crippen molar-refractivity contribution in [3.8, 4) is 17.3 Å². The van der Waals surface area contributed by atoms with E-state index < -0.39 is 23.4 Å². The van der Waals surface area contributed by atoms with Gasteiger partial charge in [0.1, 0.15) is 11.4 Å². The number of hydrogen-bond donors (Lipinski definition) is 0. The molecule has 7 heteroatoms. The van der Waals surface area contributed by atoms with Crippen LogP contribution in [0.2, 0.25) is 0 Å². The second-order valence-electron chi connectivity index (χ2n) is 7.29. The van der Waals surface area contributed by atoms with E-state index in [0.717, 1.165) is 4.90 Å². The molecule has 2 amide bonds. The predicted molar refractivity (Wildman–Crippen MR) is 95.2 cm³/mol. The largest absolute Gasteiger partial charge is 0.443 e. The van der Waals surface area contributed by atoms with Gasteiger partial charge in [-0.15, -0.1) is 0 Å². The summed E-state index contributed by atoms with van der Waals surface area (Å²) in [5.74, 6) is -1.07. The van der Waals surface area contributed by atoms with Crippen LogP contribution in [0.1, 0.15) is 48.0 Å². The number of pyridine rings is 1. The minimum Gasteiger partial charge on any atom is -0.443 e. The van der Waals surface area contributed by atoms with Crippen LogP contribution < -0.4 is 0 Å². The second-order valence-corrected chi connectivity index (χ2v) is 7.29. The zero-order chi connectivity index (χ0) is 19.9. The third-order valence-corrected chi connectivity index (χ3v) is 4.06. The topological polar surface area (TPSA) is 83.3 Å². The number of aryl methyl sites for hydroxylation is 1. The van der Waals surface area contributed by atoms with Crippen molar-refractivity contribution in [3.63, 3.8) is 0 Å². The number of carbonyl (C=O) groups is 2. The van der Waals surface area contributed by atoms with Crippen LogP contribution in [0.3, 0.4) is 0 Å². The number of hydrogen-bond acceptors (Lipinski definition) is 5. The van der Waals surface area contributed by atoms with Crippen molar-refractivity contribution >= 4 is 12.0 Å². The number of amides is 2. The third kappa shape index (κ3) is 3.38. The molecule has 0 atom stereocenters. The van der Waals surface area contributed by atoms with Crippen LogP contribution >= 0.6 is 0 Å². The van der Waals surface area contributed by atoms with Gasteiger partial charge in [0.15, 0.2) is 0 Å². The van der Waals surface area contributed by atoms with Gasteiger partial charge in [0.25, 0.3) is 5.91 Å². The zero-order valence-electron chi connectivity index (χ0n) is 15.5. The highest BCUT2D eigenvalue weighted by atomic mass is 19.1. The number of benzene rings is 1. The quantitative estimate of drug-likeness (QED) is 0.762. The second kappa shape index (κ2) is 6.47. The van der Waals surface area contributed by atoms with Gasteiger partial charge in [-0.05, 0) is 51.5 Å². The molecule has 138 valence electrons. The molecule has 0 saturated heterocycles. The Morgan fingerprint density at radius 3 is 2.67 bits per heavy atom. The van der Waals surface area contributed by atoms with Gasteiger partial charge in [0, 0.05) is 0 Å². The summed E-state index contributed by atoms with van der Waals surface area (Å²) in [4.78, 5) is 30.3. The van der Waals surface area contributed by atoms with Gasteiger partial charge in [-0.2, -0.15) is 5.26 Å². The molecule has 2 aromatic rings. The number of halogens is 1. The summed E-state index contributed by atoms with van der Waals surface area (Å²) in [6.45, 7) is 6.76. The molecule has 0 unspecified atom stereocenters. The van der Waals surface area contributed by atoms with Crippen molar-refractivity contribution in [2.45, 2.75) is 39.8 Å². The molecule has 6 nitrogen and oxygen atoms in total. The van der Waals surface area contributed by atoms with Crippen molar-refractivity contribution in [1.29, 1.82) is 5.26 Å². The Hall–Kier alpha value is -3.27. The van der Waals surface area contributed by atoms with Gasteiger partial charge in [0.2, 0.25) is 0 Å². The highest BCUT2D eigenvalue weighted by Gasteiger charge is 2.37. The Balaban J connectivity index is 2.04. The van der Waals surface area contributed by atoms with Gasteiger partial charge in [-0.25, -0.2) is 19.1 Å². The Morgan fingerprint density at radius 1 is 1.33 bits per heavy atom. The molecule has 1 aliphatic heterocycles. The van der Waals surface area contributed by atoms with Crippen molar-refractivity contribution in [2.75, 3.05) is 0 Å². The lowest BCUT2D eigenvalue weighted by molar-refractivity contribution is 0.0247. The smallest absolute Gasteiger partial charge is 0.417 e. The number of carbonyl (C=O) groups excluding carboxylic acids is 2. The lowest BCUT2D eigenvalue weighted by Crippen LogP contribution is -2.37. The minimum atomic E-state index is -0.755. The summed E-state index contributed by atoms with van der Waals surface area (Å²) < 4.78 is 19.6. The molecule has 0 radical (unpaired) electrons. The Morgan fingerprint density at radius 2 is 2.04 bits per heavy atom. The number of imide groups is 1. The van der Waals surface area contributed by atoms with E-state index >= 15 is 0 Å². The molecular weight excluding hydrogens is 349 g/mol. The molecule has 0 aliphatic carbocycles. The first-order chi connectivity index (χ1) is 12.6. The first-order valence-corrected chi connectivity index (χ1v) is 8.36. The SMILES string of the molecule is Cc1cc(-c2c(F)cccc2C#N)nc2c1C(=O)N(C(=O)OC(C)(C)C)C2. The molecule has 0 spiro atoms. The summed E-state index contributed by atoms with van der Waals surface area (Å²) >= 11 is 0. The predicted octanol–water partition coefficient (Wildman–Crippen LogP) is 3.96. The van der Waals surface area contributed by atoms with Gasteiger partial charge < -0.3 is 4.74 Å². The molecule has 1 aromatic carbocycles. The van der Waals surface area contributed by atoms with Crippen LogP contribution in [0.5, 0.6) is 0 Å². The first-order valence-electron chi connectivity index (χ1n) is 8.36. The number of nitrogens with zero attached hydrogens (tertiary/aromatic N) is 3. The van der Waals surface area contributed by atoms with Crippen LogP contribution in [-0.4, -0.2) is 27.5 Å². The van der Waals surface area contributed by atoms with Crippen LogP contribution in [0.4, 0.5) is 9.18 Å². The number of rotatable bonds is 1. The van der Waals surface area contributed by atoms with E-state index in [2.05, 4.69) is 4.98 Å². The van der Waals surface area contributed by atoms with Crippen molar-refractivity contribution in [1.82, 2.24) is 9.88 Å². The van der Waals surface area contributed by atoms with Gasteiger partial charge in [0.05, 0.1) is 40.7 Å². The van der Waals surface area contributed by atoms with Crippen LogP contribution in [0.15, 0.2) is 24.3 Å². The highest BCUT2D eigenvalue weighted by molar-refractivity contribution is 6.07. The van der Waals surface area contributed by atoms with Gasteiger partial charge in [-0.1, -0.05) is 6.07 Å². The molecule has 2 heterocycles. The molecule has 0 bridgehead atoms. The number of fused-ring (bicyclic) bond motifs is 1. The van der Waals surface area contributed by atoms with Crippen molar-refractivity contribution in [2.24, 2.45) is 0 Å². The normalized spacial score (nSPS) is 13.3. The maximum absolute atomic E-state index is 14.3. The van der Waals surface area contributed by atoms with E-state index in [1.807, 2.05) is 6.07 Å². The lowest BCUT2D eigenvalue weighted by Gasteiger charge is -2.23. The van der Waals surface area contributed by atoms with Crippen LogP contribution in [0.25, 0.3) is 11.3 Å².